The van der Waals surface area contributed by atoms with Gasteiger partial charge in [-0.2, -0.15) is 0 Å². The van der Waals surface area contributed by atoms with Gasteiger partial charge >= 0.3 is 0 Å². The molecule has 0 saturated carbocycles. The van der Waals surface area contributed by atoms with Crippen LogP contribution in [0, 0.1) is 5.92 Å². The van der Waals surface area contributed by atoms with Gasteiger partial charge in [0.1, 0.15) is 0 Å². The molecule has 0 spiro atoms. The lowest BCUT2D eigenvalue weighted by Gasteiger charge is -2.33. The number of aromatic nitrogens is 1. The first-order valence-corrected chi connectivity index (χ1v) is 10.3. The van der Waals surface area contributed by atoms with Crippen molar-refractivity contribution in [1.82, 2.24) is 14.8 Å². The van der Waals surface area contributed by atoms with Gasteiger partial charge in [0.05, 0.1) is 6.20 Å². The second kappa shape index (κ2) is 8.59. The van der Waals surface area contributed by atoms with E-state index in [1.165, 1.54) is 0 Å². The maximum atomic E-state index is 12.5. The Kier molecular flexibility index (Phi) is 5.74. The highest BCUT2D eigenvalue weighted by Gasteiger charge is 2.31. The standard InChI is InChI=1S/C22H27N3O3/c26-21(9-8-20-23-16-19(28-20)17-6-2-1-3-7-17)24-14-10-18(11-15-24)22(27)25-12-4-5-13-25/h1-3,6-7,16,18H,4-5,8-15H2. The summed E-state index contributed by atoms with van der Waals surface area (Å²) in [7, 11) is 0. The summed E-state index contributed by atoms with van der Waals surface area (Å²) in [5.74, 6) is 1.81. The average molecular weight is 381 g/mol. The monoisotopic (exact) mass is 381 g/mol. The molecule has 2 aliphatic heterocycles. The summed E-state index contributed by atoms with van der Waals surface area (Å²) < 4.78 is 5.78. The number of carbonyl (C=O) groups excluding carboxylic acids is 2. The number of likely N-dealkylation sites (tertiary alicyclic amines) is 2. The molecule has 1 aromatic carbocycles. The minimum absolute atomic E-state index is 0.0855. The first kappa shape index (κ1) is 18.7. The topological polar surface area (TPSA) is 66.7 Å². The number of aryl methyl sites for hydroxylation is 1. The summed E-state index contributed by atoms with van der Waals surface area (Å²) in [4.78, 5) is 33.2. The molecule has 0 unspecified atom stereocenters. The second-order valence-corrected chi connectivity index (χ2v) is 7.67. The van der Waals surface area contributed by atoms with Crippen LogP contribution in [0.3, 0.4) is 0 Å². The van der Waals surface area contributed by atoms with Crippen molar-refractivity contribution in [3.05, 3.63) is 42.4 Å². The number of nitrogens with zero attached hydrogens (tertiary/aromatic N) is 3. The van der Waals surface area contributed by atoms with Crippen LogP contribution in [-0.2, 0) is 16.0 Å². The number of amides is 2. The van der Waals surface area contributed by atoms with E-state index in [9.17, 15) is 9.59 Å². The molecule has 0 N–H and O–H groups in total. The molecule has 2 aromatic rings. The SMILES string of the molecule is O=C(CCc1ncc(-c2ccccc2)o1)N1CCC(C(=O)N2CCCC2)CC1. The van der Waals surface area contributed by atoms with E-state index >= 15 is 0 Å². The van der Waals surface area contributed by atoms with Crippen LogP contribution in [0.1, 0.15) is 38.0 Å². The lowest BCUT2D eigenvalue weighted by Crippen LogP contribution is -2.43. The first-order chi connectivity index (χ1) is 13.7. The summed E-state index contributed by atoms with van der Waals surface area (Å²) in [6, 6.07) is 9.83. The molecule has 3 heterocycles. The predicted octanol–water partition coefficient (Wildman–Crippen LogP) is 3.14. The predicted molar refractivity (Wildman–Crippen MR) is 105 cm³/mol. The number of rotatable bonds is 5. The lowest BCUT2D eigenvalue weighted by molar-refractivity contribution is -0.140. The lowest BCUT2D eigenvalue weighted by atomic mass is 9.95. The van der Waals surface area contributed by atoms with Gasteiger partial charge < -0.3 is 14.2 Å². The molecule has 148 valence electrons. The Bertz CT molecular complexity index is 803. The van der Waals surface area contributed by atoms with Gasteiger partial charge in [-0.3, -0.25) is 9.59 Å². The Hall–Kier alpha value is -2.63. The Morgan fingerprint density at radius 2 is 1.71 bits per heavy atom. The van der Waals surface area contributed by atoms with E-state index in [0.29, 0.717) is 31.8 Å². The summed E-state index contributed by atoms with van der Waals surface area (Å²) in [5, 5.41) is 0. The van der Waals surface area contributed by atoms with E-state index < -0.39 is 0 Å². The van der Waals surface area contributed by atoms with Crippen molar-refractivity contribution in [3.63, 3.8) is 0 Å². The van der Waals surface area contributed by atoms with Crippen LogP contribution in [0.5, 0.6) is 0 Å². The smallest absolute Gasteiger partial charge is 0.225 e. The third kappa shape index (κ3) is 4.26. The van der Waals surface area contributed by atoms with E-state index in [2.05, 4.69) is 4.98 Å². The number of oxazole rings is 1. The Morgan fingerprint density at radius 3 is 2.43 bits per heavy atom. The fourth-order valence-corrected chi connectivity index (χ4v) is 4.11. The molecule has 4 rings (SSSR count). The minimum atomic E-state index is 0.0855. The first-order valence-electron chi connectivity index (χ1n) is 10.3. The average Bonchev–Trinajstić information content (AvgIpc) is 3.44. The zero-order valence-corrected chi connectivity index (χ0v) is 16.2. The zero-order chi connectivity index (χ0) is 19.3. The van der Waals surface area contributed by atoms with Gasteiger partial charge in [0.15, 0.2) is 11.7 Å². The van der Waals surface area contributed by atoms with Crippen molar-refractivity contribution in [3.8, 4) is 11.3 Å². The molecule has 0 aliphatic carbocycles. The molecule has 2 fully saturated rings. The summed E-state index contributed by atoms with van der Waals surface area (Å²) >= 11 is 0. The molecule has 6 nitrogen and oxygen atoms in total. The van der Waals surface area contributed by atoms with Crippen LogP contribution >= 0.6 is 0 Å². The second-order valence-electron chi connectivity index (χ2n) is 7.67. The molecule has 1 aromatic heterocycles. The van der Waals surface area contributed by atoms with Crippen molar-refractivity contribution < 1.29 is 14.0 Å². The Morgan fingerprint density at radius 1 is 1.00 bits per heavy atom. The maximum Gasteiger partial charge on any atom is 0.225 e. The number of hydrogen-bond acceptors (Lipinski definition) is 4. The summed E-state index contributed by atoms with van der Waals surface area (Å²) in [6.07, 6.45) is 6.39. The normalized spacial score (nSPS) is 17.9. The fraction of sp³-hybridized carbons (Fsp3) is 0.500. The van der Waals surface area contributed by atoms with Gasteiger partial charge in [-0.1, -0.05) is 30.3 Å². The highest BCUT2D eigenvalue weighted by molar-refractivity contribution is 5.80. The van der Waals surface area contributed by atoms with E-state index in [-0.39, 0.29) is 17.7 Å². The molecule has 0 atom stereocenters. The molecule has 28 heavy (non-hydrogen) atoms. The van der Waals surface area contributed by atoms with Gasteiger partial charge in [0, 0.05) is 50.5 Å². The fourth-order valence-electron chi connectivity index (χ4n) is 4.11. The Labute approximate surface area is 165 Å². The summed E-state index contributed by atoms with van der Waals surface area (Å²) in [6.45, 7) is 3.14. The largest absolute Gasteiger partial charge is 0.441 e. The van der Waals surface area contributed by atoms with Crippen LogP contribution in [0.2, 0.25) is 0 Å². The van der Waals surface area contributed by atoms with Gasteiger partial charge in [-0.25, -0.2) is 4.98 Å². The van der Waals surface area contributed by atoms with Crippen LogP contribution in [0.25, 0.3) is 11.3 Å². The maximum absolute atomic E-state index is 12.5. The molecule has 2 saturated heterocycles. The quantitative estimate of drug-likeness (QED) is 0.798. The molecule has 0 bridgehead atoms. The van der Waals surface area contributed by atoms with E-state index in [0.717, 1.165) is 50.1 Å². The third-order valence-electron chi connectivity index (χ3n) is 5.78. The van der Waals surface area contributed by atoms with Crippen LogP contribution in [0.15, 0.2) is 40.9 Å². The van der Waals surface area contributed by atoms with Crippen molar-refractivity contribution in [1.29, 1.82) is 0 Å². The van der Waals surface area contributed by atoms with Gasteiger partial charge in [-0.15, -0.1) is 0 Å². The van der Waals surface area contributed by atoms with E-state index in [1.54, 1.807) is 6.20 Å². The van der Waals surface area contributed by atoms with E-state index in [1.807, 2.05) is 40.1 Å². The van der Waals surface area contributed by atoms with Crippen molar-refractivity contribution in [2.24, 2.45) is 5.92 Å². The van der Waals surface area contributed by atoms with Crippen LogP contribution in [-0.4, -0.2) is 52.8 Å². The molecule has 0 radical (unpaired) electrons. The van der Waals surface area contributed by atoms with Crippen LogP contribution in [0.4, 0.5) is 0 Å². The third-order valence-corrected chi connectivity index (χ3v) is 5.78. The molecule has 2 aliphatic rings. The molecule has 2 amide bonds. The van der Waals surface area contributed by atoms with Crippen molar-refractivity contribution in [2.75, 3.05) is 26.2 Å². The number of benzene rings is 1. The highest BCUT2D eigenvalue weighted by atomic mass is 16.4. The number of carbonyl (C=O) groups is 2. The van der Waals surface area contributed by atoms with Gasteiger partial charge in [0.2, 0.25) is 11.8 Å². The molecular weight excluding hydrogens is 354 g/mol. The van der Waals surface area contributed by atoms with Crippen LogP contribution < -0.4 is 0 Å². The van der Waals surface area contributed by atoms with E-state index in [4.69, 9.17) is 4.42 Å². The van der Waals surface area contributed by atoms with Crippen molar-refractivity contribution in [2.45, 2.75) is 38.5 Å². The van der Waals surface area contributed by atoms with Gasteiger partial charge in [-0.05, 0) is 25.7 Å². The van der Waals surface area contributed by atoms with Gasteiger partial charge in [0.25, 0.3) is 0 Å². The molecule has 6 heteroatoms. The molecular formula is C22H27N3O3. The Balaban J connectivity index is 1.24. The minimum Gasteiger partial charge on any atom is -0.441 e. The highest BCUT2D eigenvalue weighted by Crippen LogP contribution is 2.23. The van der Waals surface area contributed by atoms with Crippen molar-refractivity contribution >= 4 is 11.8 Å². The summed E-state index contributed by atoms with van der Waals surface area (Å²) in [5.41, 5.74) is 0.984. The number of piperidine rings is 1. The zero-order valence-electron chi connectivity index (χ0n) is 16.2. The number of hydrogen-bond donors (Lipinski definition) is 0.